The highest BCUT2D eigenvalue weighted by Gasteiger charge is 2.66. The Labute approximate surface area is 304 Å². The molecule has 276 valence electrons. The molecule has 2 aliphatic heterocycles. The molecule has 7 rings (SSSR count). The molecule has 0 unspecified atom stereocenters. The van der Waals surface area contributed by atoms with Gasteiger partial charge in [0, 0.05) is 42.5 Å². The van der Waals surface area contributed by atoms with Crippen molar-refractivity contribution in [3.05, 3.63) is 82.7 Å². The Morgan fingerprint density at radius 1 is 1.04 bits per heavy atom. The zero-order valence-electron chi connectivity index (χ0n) is 30.2. The van der Waals surface area contributed by atoms with Crippen LogP contribution >= 0.6 is 0 Å². The fourth-order valence-electron chi connectivity index (χ4n) is 8.11. The molecular formula is C40H41F3N6O4. The number of allylic oxidation sites excluding steroid dienone is 2. The number of carbonyl (C=O) groups is 4. The van der Waals surface area contributed by atoms with Crippen LogP contribution in [0.5, 0.6) is 0 Å². The van der Waals surface area contributed by atoms with Crippen LogP contribution in [0.25, 0.3) is 22.2 Å². The van der Waals surface area contributed by atoms with E-state index >= 15 is 0 Å². The Balaban J connectivity index is 1.30. The summed E-state index contributed by atoms with van der Waals surface area (Å²) in [6.07, 6.45) is 5.92. The van der Waals surface area contributed by atoms with E-state index in [1.165, 1.54) is 17.7 Å². The van der Waals surface area contributed by atoms with Crippen molar-refractivity contribution in [2.75, 3.05) is 0 Å². The molecule has 0 N–H and O–H groups in total. The van der Waals surface area contributed by atoms with Crippen LogP contribution in [0.3, 0.4) is 0 Å². The highest BCUT2D eigenvalue weighted by Crippen LogP contribution is 2.62. The summed E-state index contributed by atoms with van der Waals surface area (Å²) >= 11 is 0. The van der Waals surface area contributed by atoms with Crippen LogP contribution in [0.1, 0.15) is 91.1 Å². The highest BCUT2D eigenvalue weighted by atomic mass is 19.4. The van der Waals surface area contributed by atoms with E-state index in [9.17, 15) is 32.3 Å². The van der Waals surface area contributed by atoms with Crippen molar-refractivity contribution < 1.29 is 32.3 Å². The molecule has 13 heteroatoms. The zero-order chi connectivity index (χ0) is 37.8. The van der Waals surface area contributed by atoms with E-state index in [0.29, 0.717) is 67.1 Å². The topological polar surface area (TPSA) is 128 Å². The van der Waals surface area contributed by atoms with E-state index in [1.807, 2.05) is 38.1 Å². The first-order chi connectivity index (χ1) is 25.1. The number of hydrogen-bond acceptors (Lipinski definition) is 8. The normalized spacial score (nSPS) is 24.2. The van der Waals surface area contributed by atoms with Gasteiger partial charge in [-0.2, -0.15) is 18.3 Å². The third-order valence-corrected chi connectivity index (χ3v) is 11.2. The molecule has 3 aliphatic rings. The van der Waals surface area contributed by atoms with E-state index in [1.54, 1.807) is 24.2 Å². The lowest BCUT2D eigenvalue weighted by molar-refractivity contribution is -0.141. The van der Waals surface area contributed by atoms with Gasteiger partial charge in [0.1, 0.15) is 23.7 Å². The van der Waals surface area contributed by atoms with Crippen molar-refractivity contribution in [3.8, 4) is 11.3 Å². The Kier molecular flexibility index (Phi) is 9.40. The maximum absolute atomic E-state index is 14.5. The molecule has 4 aromatic rings. The number of benzene rings is 1. The van der Waals surface area contributed by atoms with Crippen molar-refractivity contribution in [1.29, 1.82) is 0 Å². The summed E-state index contributed by atoms with van der Waals surface area (Å²) in [5.74, 6) is -1.12. The Bertz CT molecular complexity index is 2180. The number of rotatable bonds is 5. The van der Waals surface area contributed by atoms with Gasteiger partial charge in [0.25, 0.3) is 0 Å². The van der Waals surface area contributed by atoms with Crippen LogP contribution in [0, 0.1) is 25.2 Å². The standard InChI is InChI=1S/C40H41F3N6O4/c1-22-10-11-34(40(41,42)43)46-29(22)16-33(52)31-17-39-13-12-32(51)23(2)8-6-5-7-9-26-14-27(30-20-44-24(3)19-45-30)15-28-37(25(4)50)47-48(38(26)28)21-36(53)49(31)35(39)18-39/h5,7,10-11,14-15,19-20,23,31,35H,6,8-9,12-13,16-18,21H2,1-4H3/b7-5+/t23-,31+,35-,39+/m1/s1. The van der Waals surface area contributed by atoms with E-state index in [-0.39, 0.29) is 53.8 Å². The number of ketones is 3. The molecule has 1 saturated carbocycles. The predicted molar refractivity (Wildman–Crippen MR) is 190 cm³/mol. The monoisotopic (exact) mass is 726 g/mol. The molecule has 4 atom stereocenters. The quantitative estimate of drug-likeness (QED) is 0.163. The molecule has 3 aromatic heterocycles. The molecule has 10 nitrogen and oxygen atoms in total. The van der Waals surface area contributed by atoms with Crippen LogP contribution in [-0.4, -0.2) is 65.0 Å². The number of amides is 1. The van der Waals surface area contributed by atoms with Gasteiger partial charge in [-0.05, 0) is 87.1 Å². The maximum Gasteiger partial charge on any atom is 0.433 e. The summed E-state index contributed by atoms with van der Waals surface area (Å²) in [6.45, 7) is 6.52. The predicted octanol–water partition coefficient (Wildman–Crippen LogP) is 6.78. The number of Topliss-reactive ketones (excluding diaryl/α,β-unsaturated/α-hetero) is 3. The summed E-state index contributed by atoms with van der Waals surface area (Å²) in [5.41, 5.74) is 2.64. The van der Waals surface area contributed by atoms with Gasteiger partial charge in [0.2, 0.25) is 5.91 Å². The van der Waals surface area contributed by atoms with Crippen LogP contribution < -0.4 is 0 Å². The van der Waals surface area contributed by atoms with Crippen LogP contribution in [-0.2, 0) is 39.9 Å². The number of halogens is 3. The molecule has 1 aliphatic carbocycles. The van der Waals surface area contributed by atoms with Gasteiger partial charge in [-0.3, -0.25) is 33.8 Å². The van der Waals surface area contributed by atoms with E-state index < -0.39 is 29.1 Å². The molecule has 1 amide bonds. The Morgan fingerprint density at radius 3 is 2.55 bits per heavy atom. The molecule has 0 radical (unpaired) electrons. The minimum Gasteiger partial charge on any atom is -0.327 e. The second-order valence-corrected chi connectivity index (χ2v) is 15.0. The number of aromatic nitrogens is 5. The van der Waals surface area contributed by atoms with Gasteiger partial charge >= 0.3 is 6.18 Å². The van der Waals surface area contributed by atoms with Crippen molar-refractivity contribution in [3.63, 3.8) is 0 Å². The lowest BCUT2D eigenvalue weighted by Gasteiger charge is -2.27. The molecule has 53 heavy (non-hydrogen) atoms. The first kappa shape index (κ1) is 36.3. The first-order valence-electron chi connectivity index (χ1n) is 18.0. The first-order valence-corrected chi connectivity index (χ1v) is 18.0. The highest BCUT2D eigenvalue weighted by molar-refractivity contribution is 6.07. The van der Waals surface area contributed by atoms with Gasteiger partial charge in [-0.15, -0.1) is 0 Å². The van der Waals surface area contributed by atoms with Crippen LogP contribution in [0.4, 0.5) is 13.2 Å². The van der Waals surface area contributed by atoms with E-state index in [4.69, 9.17) is 0 Å². The summed E-state index contributed by atoms with van der Waals surface area (Å²) in [6, 6.07) is 4.77. The third kappa shape index (κ3) is 7.05. The second kappa shape index (κ2) is 13.7. The van der Waals surface area contributed by atoms with Crippen molar-refractivity contribution in [2.45, 2.75) is 104 Å². The largest absolute Gasteiger partial charge is 0.433 e. The summed E-state index contributed by atoms with van der Waals surface area (Å²) in [4.78, 5) is 69.2. The zero-order valence-corrected chi connectivity index (χ0v) is 30.2. The number of nitrogens with zero attached hydrogens (tertiary/aromatic N) is 6. The SMILES string of the molecule is CC(=O)c1nn2c3c(cc(-c4cnc(C)cn4)cc13)C/C=C/CC[C@@H](C)C(=O)CC[C@@]13C[C@@H](C(=O)Cc4nc(C(F)(F)F)ccc4C)N(C(=O)C2)[C@@H]1C3. The molecule has 1 saturated heterocycles. The fourth-order valence-corrected chi connectivity index (χ4v) is 8.11. The molecule has 2 fully saturated rings. The van der Waals surface area contributed by atoms with Gasteiger partial charge < -0.3 is 4.90 Å². The van der Waals surface area contributed by atoms with Crippen LogP contribution in [0.15, 0.2) is 48.8 Å². The third-order valence-electron chi connectivity index (χ3n) is 11.2. The number of hydrogen-bond donors (Lipinski definition) is 0. The lowest BCUT2D eigenvalue weighted by atomic mass is 9.88. The van der Waals surface area contributed by atoms with Gasteiger partial charge in [0.05, 0.1) is 41.3 Å². The minimum absolute atomic E-state index is 0.0150. The minimum atomic E-state index is -4.68. The Hall–Kier alpha value is -5.07. The smallest absolute Gasteiger partial charge is 0.327 e. The number of pyridine rings is 1. The van der Waals surface area contributed by atoms with Gasteiger partial charge in [-0.1, -0.05) is 25.1 Å². The number of aryl methyl sites for hydroxylation is 2. The van der Waals surface area contributed by atoms with Crippen molar-refractivity contribution >= 4 is 34.2 Å². The fraction of sp³-hybridized carbons (Fsp3) is 0.450. The Morgan fingerprint density at radius 2 is 1.83 bits per heavy atom. The summed E-state index contributed by atoms with van der Waals surface area (Å²) in [5, 5.41) is 5.23. The number of carbonyl (C=O) groups excluding carboxylic acids is 4. The lowest BCUT2D eigenvalue weighted by Crippen LogP contribution is -2.45. The summed E-state index contributed by atoms with van der Waals surface area (Å²) < 4.78 is 42.2. The van der Waals surface area contributed by atoms with E-state index in [0.717, 1.165) is 22.9 Å². The molecule has 5 heterocycles. The van der Waals surface area contributed by atoms with Gasteiger partial charge in [-0.25, -0.2) is 4.98 Å². The van der Waals surface area contributed by atoms with E-state index in [2.05, 4.69) is 20.1 Å². The number of alkyl halides is 3. The average molecular weight is 727 g/mol. The van der Waals surface area contributed by atoms with Crippen molar-refractivity contribution in [1.82, 2.24) is 29.6 Å². The average Bonchev–Trinajstić information content (AvgIpc) is 3.52. The van der Waals surface area contributed by atoms with Gasteiger partial charge in [0.15, 0.2) is 11.6 Å². The van der Waals surface area contributed by atoms with Crippen molar-refractivity contribution in [2.24, 2.45) is 11.3 Å². The summed E-state index contributed by atoms with van der Waals surface area (Å²) in [7, 11) is 0. The molecule has 0 spiro atoms. The maximum atomic E-state index is 14.5. The number of piperidine rings is 1. The van der Waals surface area contributed by atoms with Crippen LogP contribution in [0.2, 0.25) is 0 Å². The molecular weight excluding hydrogens is 685 g/mol. The molecule has 2 bridgehead atoms. The molecule has 1 aromatic carbocycles. The second-order valence-electron chi connectivity index (χ2n) is 15.0.